The van der Waals surface area contributed by atoms with E-state index in [1.807, 2.05) is 33.0 Å². The second-order valence-electron chi connectivity index (χ2n) is 5.27. The van der Waals surface area contributed by atoms with E-state index in [-0.39, 0.29) is 0 Å². The van der Waals surface area contributed by atoms with Crippen LogP contribution in [0.5, 0.6) is 0 Å². The second-order valence-corrected chi connectivity index (χ2v) is 5.27. The van der Waals surface area contributed by atoms with Gasteiger partial charge in [0.2, 0.25) is 5.71 Å². The molecule has 1 aromatic carbocycles. The summed E-state index contributed by atoms with van der Waals surface area (Å²) in [5, 5.41) is 0.955. The molecule has 0 aliphatic heterocycles. The Labute approximate surface area is 123 Å². The Hall–Kier alpha value is -2.56. The van der Waals surface area contributed by atoms with Gasteiger partial charge in [-0.3, -0.25) is 0 Å². The topological polar surface area (TPSA) is 45.4 Å². The Morgan fingerprint density at radius 3 is 2.29 bits per heavy atom. The maximum atomic E-state index is 5.44. The van der Waals surface area contributed by atoms with E-state index in [0.717, 1.165) is 22.5 Å². The number of aromatic nitrogens is 2. The van der Waals surface area contributed by atoms with Gasteiger partial charge >= 0.3 is 0 Å². The molecule has 0 N–H and O–H groups in total. The minimum atomic E-state index is 0.620. The molecule has 0 aliphatic carbocycles. The number of aryl methyl sites for hydroxylation is 1. The first-order valence-corrected chi connectivity index (χ1v) is 6.78. The van der Waals surface area contributed by atoms with E-state index in [1.54, 1.807) is 6.26 Å². The molecular weight excluding hydrogens is 264 g/mol. The van der Waals surface area contributed by atoms with Crippen molar-refractivity contribution in [2.75, 3.05) is 30.9 Å². The molecule has 3 rings (SSSR count). The Kier molecular flexibility index (Phi) is 3.25. The first-order chi connectivity index (χ1) is 10.1. The Morgan fingerprint density at radius 2 is 1.62 bits per heavy atom. The highest BCUT2D eigenvalue weighted by molar-refractivity contribution is 5.91. The van der Waals surface area contributed by atoms with Crippen LogP contribution < -0.4 is 9.80 Å². The highest BCUT2D eigenvalue weighted by Gasteiger charge is 2.15. The molecule has 0 saturated heterocycles. The van der Waals surface area contributed by atoms with Crippen molar-refractivity contribution in [2.45, 2.75) is 6.92 Å². The fraction of sp³-hybridized carbons (Fsp3) is 0.250. The summed E-state index contributed by atoms with van der Waals surface area (Å²) in [6.45, 7) is 2.00. The number of anilines is 3. The van der Waals surface area contributed by atoms with Crippen molar-refractivity contribution in [2.24, 2.45) is 0 Å². The van der Waals surface area contributed by atoms with Gasteiger partial charge in [0.15, 0.2) is 0 Å². The number of benzene rings is 1. The van der Waals surface area contributed by atoms with E-state index in [0.29, 0.717) is 5.71 Å². The van der Waals surface area contributed by atoms with Crippen LogP contribution in [0, 0.1) is 6.92 Å². The molecule has 21 heavy (non-hydrogen) atoms. The molecule has 3 aromatic rings. The third-order valence-electron chi connectivity index (χ3n) is 3.61. The maximum absolute atomic E-state index is 5.44. The van der Waals surface area contributed by atoms with Gasteiger partial charge in [0.05, 0.1) is 11.6 Å². The lowest BCUT2D eigenvalue weighted by Gasteiger charge is -2.20. The fourth-order valence-corrected chi connectivity index (χ4v) is 2.35. The molecule has 108 valence electrons. The predicted molar refractivity (Wildman–Crippen MR) is 85.4 cm³/mol. The van der Waals surface area contributed by atoms with E-state index in [2.05, 4.69) is 39.1 Å². The van der Waals surface area contributed by atoms with Crippen LogP contribution >= 0.6 is 0 Å². The van der Waals surface area contributed by atoms with Crippen molar-refractivity contribution in [1.29, 1.82) is 0 Å². The van der Waals surface area contributed by atoms with Gasteiger partial charge in [-0.1, -0.05) is 0 Å². The molecule has 5 nitrogen and oxygen atoms in total. The zero-order chi connectivity index (χ0) is 15.0. The molecule has 0 amide bonds. The summed E-state index contributed by atoms with van der Waals surface area (Å²) in [4.78, 5) is 12.7. The fourth-order valence-electron chi connectivity index (χ4n) is 2.35. The minimum Gasteiger partial charge on any atom is -0.446 e. The van der Waals surface area contributed by atoms with Gasteiger partial charge in [0, 0.05) is 38.1 Å². The monoisotopic (exact) mass is 282 g/mol. The number of hydrogen-bond acceptors (Lipinski definition) is 5. The zero-order valence-corrected chi connectivity index (χ0v) is 12.7. The van der Waals surface area contributed by atoms with Crippen LogP contribution in [0.15, 0.2) is 41.3 Å². The minimum absolute atomic E-state index is 0.620. The van der Waals surface area contributed by atoms with Crippen LogP contribution in [0.25, 0.3) is 11.1 Å². The van der Waals surface area contributed by atoms with Crippen molar-refractivity contribution in [3.8, 4) is 0 Å². The molecule has 5 heteroatoms. The highest BCUT2D eigenvalue weighted by atomic mass is 16.3. The smallest absolute Gasteiger partial charge is 0.231 e. The molecule has 0 unspecified atom stereocenters. The molecule has 0 aliphatic rings. The maximum Gasteiger partial charge on any atom is 0.231 e. The third-order valence-corrected chi connectivity index (χ3v) is 3.61. The van der Waals surface area contributed by atoms with E-state index < -0.39 is 0 Å². The lowest BCUT2D eigenvalue weighted by Crippen LogP contribution is -2.13. The molecule has 0 atom stereocenters. The molecule has 0 radical (unpaired) electrons. The van der Waals surface area contributed by atoms with Gasteiger partial charge in [0.1, 0.15) is 12.1 Å². The molecule has 0 spiro atoms. The third kappa shape index (κ3) is 2.31. The van der Waals surface area contributed by atoms with Crippen molar-refractivity contribution in [3.63, 3.8) is 0 Å². The van der Waals surface area contributed by atoms with Crippen molar-refractivity contribution in [3.05, 3.63) is 42.4 Å². The molecule has 0 bridgehead atoms. The van der Waals surface area contributed by atoms with E-state index in [4.69, 9.17) is 4.42 Å². The number of rotatable bonds is 3. The number of hydrogen-bond donors (Lipinski definition) is 0. The quantitative estimate of drug-likeness (QED) is 0.737. The van der Waals surface area contributed by atoms with Gasteiger partial charge < -0.3 is 14.2 Å². The summed E-state index contributed by atoms with van der Waals surface area (Å²) >= 11 is 0. The molecular formula is C16H18N4O. The van der Waals surface area contributed by atoms with Crippen molar-refractivity contribution in [1.82, 2.24) is 9.97 Å². The van der Waals surface area contributed by atoms with Gasteiger partial charge in [-0.15, -0.1) is 0 Å². The second kappa shape index (κ2) is 5.09. The molecule has 0 fully saturated rings. The number of fused-ring (bicyclic) bond motifs is 1. The van der Waals surface area contributed by atoms with Crippen molar-refractivity contribution < 1.29 is 4.42 Å². The molecule has 2 aromatic heterocycles. The first kappa shape index (κ1) is 13.4. The summed E-state index contributed by atoms with van der Waals surface area (Å²) < 4.78 is 5.44. The van der Waals surface area contributed by atoms with E-state index in [1.165, 1.54) is 12.0 Å². The average molecular weight is 282 g/mol. The summed E-state index contributed by atoms with van der Waals surface area (Å²) in [5.74, 6) is 0.851. The Balaban J connectivity index is 2.04. The summed E-state index contributed by atoms with van der Waals surface area (Å²) in [6, 6.07) is 8.34. The normalized spacial score (nSPS) is 10.9. The largest absolute Gasteiger partial charge is 0.446 e. The Bertz CT molecular complexity index is 762. The van der Waals surface area contributed by atoms with Crippen LogP contribution in [-0.4, -0.2) is 31.1 Å². The molecule has 2 heterocycles. The summed E-state index contributed by atoms with van der Waals surface area (Å²) in [5.41, 5.74) is 3.90. The van der Waals surface area contributed by atoms with Gasteiger partial charge in [-0.25, -0.2) is 9.97 Å². The van der Waals surface area contributed by atoms with Crippen LogP contribution in [0.2, 0.25) is 0 Å². The van der Waals surface area contributed by atoms with Gasteiger partial charge in [-0.05, 0) is 31.2 Å². The SMILES string of the molecule is Cc1coc2ncnc(N(C)c3ccc(N(C)C)cc3)c12. The molecule has 0 saturated carbocycles. The van der Waals surface area contributed by atoms with Gasteiger partial charge in [-0.2, -0.15) is 0 Å². The first-order valence-electron chi connectivity index (χ1n) is 6.78. The zero-order valence-electron chi connectivity index (χ0n) is 12.7. The van der Waals surface area contributed by atoms with Crippen LogP contribution in [0.3, 0.4) is 0 Å². The number of furan rings is 1. The summed E-state index contributed by atoms with van der Waals surface area (Å²) in [6.07, 6.45) is 3.25. The number of nitrogens with zero attached hydrogens (tertiary/aromatic N) is 4. The van der Waals surface area contributed by atoms with Crippen LogP contribution in [-0.2, 0) is 0 Å². The summed E-state index contributed by atoms with van der Waals surface area (Å²) in [7, 11) is 6.06. The Morgan fingerprint density at radius 1 is 0.952 bits per heavy atom. The lowest BCUT2D eigenvalue weighted by molar-refractivity contribution is 0.600. The van der Waals surface area contributed by atoms with Gasteiger partial charge in [0.25, 0.3) is 0 Å². The van der Waals surface area contributed by atoms with E-state index >= 15 is 0 Å². The standard InChI is InChI=1S/C16H18N4O/c1-11-9-21-16-14(11)15(17-10-18-16)20(4)13-7-5-12(6-8-13)19(2)3/h5-10H,1-4H3. The van der Waals surface area contributed by atoms with E-state index in [9.17, 15) is 0 Å². The predicted octanol–water partition coefficient (Wildman–Crippen LogP) is 3.37. The van der Waals surface area contributed by atoms with Crippen LogP contribution in [0.1, 0.15) is 5.56 Å². The average Bonchev–Trinajstić information content (AvgIpc) is 2.88. The lowest BCUT2D eigenvalue weighted by atomic mass is 10.2. The van der Waals surface area contributed by atoms with Crippen molar-refractivity contribution >= 4 is 28.3 Å². The highest BCUT2D eigenvalue weighted by Crippen LogP contribution is 2.31. The van der Waals surface area contributed by atoms with Crippen LogP contribution in [0.4, 0.5) is 17.2 Å².